The summed E-state index contributed by atoms with van der Waals surface area (Å²) in [5, 5.41) is 8.91. The molecule has 1 saturated heterocycles. The Labute approximate surface area is 186 Å². The first-order valence-corrected chi connectivity index (χ1v) is 9.94. The number of rotatable bonds is 4. The summed E-state index contributed by atoms with van der Waals surface area (Å²) in [6.45, 7) is 0.796. The summed E-state index contributed by atoms with van der Waals surface area (Å²) in [5.41, 5.74) is 6.04. The van der Waals surface area contributed by atoms with Crippen molar-refractivity contribution in [1.82, 2.24) is 19.4 Å². The predicted octanol–water partition coefficient (Wildman–Crippen LogP) is 2.92. The number of nitriles is 1. The van der Waals surface area contributed by atoms with Crippen LogP contribution in [0.5, 0.6) is 5.88 Å². The summed E-state index contributed by atoms with van der Waals surface area (Å²) < 4.78 is 34.8. The number of benzene rings is 1. The lowest BCUT2D eigenvalue weighted by Gasteiger charge is -2.14. The molecule has 0 aliphatic carbocycles. The van der Waals surface area contributed by atoms with E-state index in [4.69, 9.17) is 27.3 Å². The second-order valence-corrected chi connectivity index (χ2v) is 7.56. The number of imidazole rings is 1. The van der Waals surface area contributed by atoms with Crippen molar-refractivity contribution in [3.8, 4) is 29.0 Å². The van der Waals surface area contributed by atoms with Crippen LogP contribution in [0.15, 0.2) is 30.5 Å². The Hall–Kier alpha value is -3.55. The second-order valence-electron chi connectivity index (χ2n) is 7.20. The van der Waals surface area contributed by atoms with Gasteiger partial charge in [-0.15, -0.1) is 0 Å². The summed E-state index contributed by atoms with van der Waals surface area (Å²) in [7, 11) is 1.28. The lowest BCUT2D eigenvalue weighted by Crippen LogP contribution is -2.32. The number of pyridine rings is 1. The zero-order chi connectivity index (χ0) is 23.0. The van der Waals surface area contributed by atoms with E-state index in [1.54, 1.807) is 6.07 Å². The Kier molecular flexibility index (Phi) is 5.78. The average Bonchev–Trinajstić information content (AvgIpc) is 3.36. The summed E-state index contributed by atoms with van der Waals surface area (Å²) in [4.78, 5) is 22.9. The van der Waals surface area contributed by atoms with Gasteiger partial charge in [-0.05, 0) is 24.6 Å². The molecule has 1 amide bonds. The zero-order valence-electron chi connectivity index (χ0n) is 16.8. The molecule has 0 saturated carbocycles. The number of likely N-dealkylation sites (tertiary alicyclic amines) is 1. The number of nitrogens with two attached hydrogens (primary N) is 1. The number of methoxy groups -OCH3 is 1. The smallest absolute Gasteiger partial charge is 0.275 e. The van der Waals surface area contributed by atoms with Gasteiger partial charge < -0.3 is 15.4 Å². The number of ether oxygens (including phenoxy) is 1. The molecule has 3 heterocycles. The normalized spacial score (nSPS) is 15.6. The Morgan fingerprint density at radius 3 is 2.72 bits per heavy atom. The molecule has 8 nitrogen and oxygen atoms in total. The number of hydrogen-bond acceptors (Lipinski definition) is 6. The van der Waals surface area contributed by atoms with Gasteiger partial charge in [-0.25, -0.2) is 18.7 Å². The highest BCUT2D eigenvalue weighted by Gasteiger charge is 2.31. The largest absolute Gasteiger partial charge is 0.479 e. The van der Waals surface area contributed by atoms with Crippen LogP contribution >= 0.6 is 11.6 Å². The molecule has 1 fully saturated rings. The predicted molar refractivity (Wildman–Crippen MR) is 111 cm³/mol. The molecule has 1 aliphatic rings. The minimum Gasteiger partial charge on any atom is -0.479 e. The number of halogens is 3. The number of hydrogen-bond donors (Lipinski definition) is 1. The molecular formula is C21H17ClF2N6O2. The molecule has 0 bridgehead atoms. The molecule has 2 N–H and O–H groups in total. The maximum absolute atomic E-state index is 14.4. The molecule has 164 valence electrons. The third-order valence-corrected chi connectivity index (χ3v) is 5.48. The van der Waals surface area contributed by atoms with Crippen molar-refractivity contribution in [3.63, 3.8) is 0 Å². The zero-order valence-corrected chi connectivity index (χ0v) is 17.6. The van der Waals surface area contributed by atoms with Crippen LogP contribution in [-0.4, -0.2) is 51.6 Å². The summed E-state index contributed by atoms with van der Waals surface area (Å²) in [6, 6.07) is 6.55. The second kappa shape index (κ2) is 8.53. The van der Waals surface area contributed by atoms with E-state index >= 15 is 0 Å². The van der Waals surface area contributed by atoms with Crippen LogP contribution in [0.3, 0.4) is 0 Å². The van der Waals surface area contributed by atoms with E-state index in [0.29, 0.717) is 19.5 Å². The average molecular weight is 459 g/mol. The van der Waals surface area contributed by atoms with Crippen molar-refractivity contribution in [1.29, 1.82) is 5.26 Å². The highest BCUT2D eigenvalue weighted by atomic mass is 35.5. The van der Waals surface area contributed by atoms with Gasteiger partial charge in [0, 0.05) is 30.8 Å². The fourth-order valence-corrected chi connectivity index (χ4v) is 3.82. The standard InChI is InChI=1S/C21H17ClF2N6O2/c1-32-20-16(24)7-14(9-27-20)30-18(22)17(21(31)29-5-4-13(26)10-29)28-19(30)11-2-3-12(8-25)15(23)6-11/h2-3,6-7,9,13H,4-5,10,26H2,1H3/t13-/m1/s1. The van der Waals surface area contributed by atoms with Crippen molar-refractivity contribution < 1.29 is 18.3 Å². The number of carbonyl (C=O) groups excluding carboxylic acids is 1. The third-order valence-electron chi connectivity index (χ3n) is 5.13. The van der Waals surface area contributed by atoms with Crippen molar-refractivity contribution in [3.05, 3.63) is 58.5 Å². The van der Waals surface area contributed by atoms with Crippen LogP contribution in [0.25, 0.3) is 17.1 Å². The van der Waals surface area contributed by atoms with Gasteiger partial charge in [-0.1, -0.05) is 11.6 Å². The van der Waals surface area contributed by atoms with Crippen molar-refractivity contribution in [2.75, 3.05) is 20.2 Å². The van der Waals surface area contributed by atoms with Crippen molar-refractivity contribution in [2.24, 2.45) is 5.73 Å². The lowest BCUT2D eigenvalue weighted by molar-refractivity contribution is 0.0786. The number of nitrogens with zero attached hydrogens (tertiary/aromatic N) is 5. The van der Waals surface area contributed by atoms with Crippen LogP contribution in [0.2, 0.25) is 5.15 Å². The van der Waals surface area contributed by atoms with Gasteiger partial charge in [-0.3, -0.25) is 9.36 Å². The third kappa shape index (κ3) is 3.77. The van der Waals surface area contributed by atoms with Crippen LogP contribution in [0.1, 0.15) is 22.5 Å². The lowest BCUT2D eigenvalue weighted by atomic mass is 10.1. The minimum atomic E-state index is -0.770. The molecule has 0 spiro atoms. The number of aromatic nitrogens is 3. The maximum Gasteiger partial charge on any atom is 0.275 e. The molecule has 0 unspecified atom stereocenters. The molecule has 11 heteroatoms. The van der Waals surface area contributed by atoms with Gasteiger partial charge in [0.05, 0.1) is 24.6 Å². The van der Waals surface area contributed by atoms with Gasteiger partial charge in [0.25, 0.3) is 5.91 Å². The topological polar surface area (TPSA) is 110 Å². The fourth-order valence-electron chi connectivity index (χ4n) is 3.52. The van der Waals surface area contributed by atoms with E-state index < -0.39 is 17.5 Å². The molecule has 3 aromatic rings. The molecule has 1 atom stereocenters. The Bertz CT molecular complexity index is 1260. The maximum atomic E-state index is 14.4. The Morgan fingerprint density at radius 2 is 2.12 bits per heavy atom. The fraction of sp³-hybridized carbons (Fsp3) is 0.238. The molecule has 1 aromatic carbocycles. The monoisotopic (exact) mass is 458 g/mol. The van der Waals surface area contributed by atoms with Gasteiger partial charge >= 0.3 is 0 Å². The molecule has 4 rings (SSSR count). The summed E-state index contributed by atoms with van der Waals surface area (Å²) in [5.74, 6) is -2.12. The van der Waals surface area contributed by atoms with Crippen LogP contribution in [0, 0.1) is 23.0 Å². The molecule has 2 aromatic heterocycles. The number of amides is 1. The van der Waals surface area contributed by atoms with E-state index in [1.807, 2.05) is 0 Å². The first-order valence-electron chi connectivity index (χ1n) is 9.57. The number of carbonyl (C=O) groups is 1. The van der Waals surface area contributed by atoms with Crippen LogP contribution in [-0.2, 0) is 0 Å². The van der Waals surface area contributed by atoms with Gasteiger partial charge in [0.2, 0.25) is 5.88 Å². The van der Waals surface area contributed by atoms with Gasteiger partial charge in [0.1, 0.15) is 22.9 Å². The molecule has 1 aliphatic heterocycles. The van der Waals surface area contributed by atoms with Crippen LogP contribution in [0.4, 0.5) is 8.78 Å². The van der Waals surface area contributed by atoms with E-state index in [-0.39, 0.29) is 45.4 Å². The van der Waals surface area contributed by atoms with Gasteiger partial charge in [-0.2, -0.15) is 5.26 Å². The summed E-state index contributed by atoms with van der Waals surface area (Å²) in [6.07, 6.45) is 1.93. The molecule has 32 heavy (non-hydrogen) atoms. The van der Waals surface area contributed by atoms with E-state index in [1.165, 1.54) is 34.9 Å². The van der Waals surface area contributed by atoms with E-state index in [2.05, 4.69) is 9.97 Å². The van der Waals surface area contributed by atoms with Crippen LogP contribution < -0.4 is 10.5 Å². The minimum absolute atomic E-state index is 0.0802. The van der Waals surface area contributed by atoms with E-state index in [9.17, 15) is 13.6 Å². The quantitative estimate of drug-likeness (QED) is 0.643. The first kappa shape index (κ1) is 21.7. The van der Waals surface area contributed by atoms with Crippen molar-refractivity contribution >= 4 is 17.5 Å². The SMILES string of the molecule is COc1ncc(-n2c(-c3ccc(C#N)c(F)c3)nc(C(=O)N3CC[C@@H](N)C3)c2Cl)cc1F. The first-order chi connectivity index (χ1) is 15.3. The Morgan fingerprint density at radius 1 is 1.34 bits per heavy atom. The highest BCUT2D eigenvalue weighted by Crippen LogP contribution is 2.32. The highest BCUT2D eigenvalue weighted by molar-refractivity contribution is 6.33. The molecule has 0 radical (unpaired) electrons. The molecular weight excluding hydrogens is 442 g/mol. The summed E-state index contributed by atoms with van der Waals surface area (Å²) >= 11 is 6.54. The van der Waals surface area contributed by atoms with Crippen molar-refractivity contribution in [2.45, 2.75) is 12.5 Å². The van der Waals surface area contributed by atoms with E-state index in [0.717, 1.165) is 12.1 Å². The van der Waals surface area contributed by atoms with Gasteiger partial charge in [0.15, 0.2) is 11.5 Å². The Balaban J connectivity index is 1.89.